The van der Waals surface area contributed by atoms with Gasteiger partial charge >= 0.3 is 0 Å². The first-order chi connectivity index (χ1) is 15.9. The second kappa shape index (κ2) is 8.70. The molecule has 0 saturated carbocycles. The van der Waals surface area contributed by atoms with Gasteiger partial charge in [0.15, 0.2) is 0 Å². The average Bonchev–Trinajstić information content (AvgIpc) is 3.10. The lowest BCUT2D eigenvalue weighted by molar-refractivity contribution is -0.132. The number of hydrogen-bond donors (Lipinski definition) is 2. The number of ketones is 1. The van der Waals surface area contributed by atoms with E-state index in [1.54, 1.807) is 54.6 Å². The highest BCUT2D eigenvalue weighted by Crippen LogP contribution is 2.46. The van der Waals surface area contributed by atoms with Crippen molar-refractivity contribution in [3.05, 3.63) is 89.0 Å². The van der Waals surface area contributed by atoms with Crippen molar-refractivity contribution in [3.8, 4) is 17.2 Å². The number of carbonyl (C=O) groups is 2. The molecule has 0 spiro atoms. The summed E-state index contributed by atoms with van der Waals surface area (Å²) in [6.07, 6.45) is 0. The third-order valence-corrected chi connectivity index (χ3v) is 5.61. The lowest BCUT2D eigenvalue weighted by atomic mass is 9.94. The topological polar surface area (TPSA) is 96.3 Å². The fraction of sp³-hybridized carbons (Fsp3) is 0.154. The van der Waals surface area contributed by atoms with Gasteiger partial charge in [-0.3, -0.25) is 14.5 Å². The number of hydrogen-bond acceptors (Lipinski definition) is 6. The number of methoxy groups -OCH3 is 2. The number of ether oxygens (including phenoxy) is 2. The summed E-state index contributed by atoms with van der Waals surface area (Å²) in [6.45, 7) is 1.82. The van der Waals surface area contributed by atoms with Gasteiger partial charge in [-0.25, -0.2) is 0 Å². The number of phenols is 1. The fourth-order valence-electron chi connectivity index (χ4n) is 4.08. The second-order valence-electron chi connectivity index (χ2n) is 7.61. The molecule has 1 amide bonds. The number of aryl methyl sites for hydroxylation is 1. The summed E-state index contributed by atoms with van der Waals surface area (Å²) < 4.78 is 10.8. The Kier molecular flexibility index (Phi) is 5.79. The van der Waals surface area contributed by atoms with Crippen LogP contribution in [0.1, 0.15) is 22.7 Å². The quantitative estimate of drug-likeness (QED) is 0.345. The highest BCUT2D eigenvalue weighted by molar-refractivity contribution is 6.52. The molecule has 0 radical (unpaired) electrons. The maximum absolute atomic E-state index is 13.3. The van der Waals surface area contributed by atoms with Crippen molar-refractivity contribution in [3.63, 3.8) is 0 Å². The van der Waals surface area contributed by atoms with E-state index in [0.29, 0.717) is 5.56 Å². The van der Waals surface area contributed by atoms with Crippen molar-refractivity contribution in [1.82, 2.24) is 0 Å². The Morgan fingerprint density at radius 1 is 0.909 bits per heavy atom. The van der Waals surface area contributed by atoms with Crippen molar-refractivity contribution < 1.29 is 29.3 Å². The highest BCUT2D eigenvalue weighted by Gasteiger charge is 2.48. The van der Waals surface area contributed by atoms with E-state index in [-0.39, 0.29) is 34.1 Å². The third-order valence-electron chi connectivity index (χ3n) is 5.61. The molecule has 4 rings (SSSR count). The standard InChI is InChI=1S/C26H23NO6/c1-15-12-13-18(28)17(14-15)27-23(16-8-5-4-6-9-16)22(25(30)26(27)31)24(29)21-19(32-2)10-7-11-20(21)33-3/h4-14,23,28-29H,1-3H3/b24-22+. The van der Waals surface area contributed by atoms with Gasteiger partial charge in [-0.15, -0.1) is 0 Å². The molecular formula is C26H23NO6. The summed E-state index contributed by atoms with van der Waals surface area (Å²) in [6, 6.07) is 17.6. The molecule has 3 aromatic rings. The number of aliphatic hydroxyl groups is 1. The van der Waals surface area contributed by atoms with Gasteiger partial charge in [-0.2, -0.15) is 0 Å². The predicted octanol–water partition coefficient (Wildman–Crippen LogP) is 4.34. The van der Waals surface area contributed by atoms with Crippen LogP contribution < -0.4 is 14.4 Å². The van der Waals surface area contributed by atoms with Crippen LogP contribution in [0, 0.1) is 6.92 Å². The third kappa shape index (κ3) is 3.67. The lowest BCUT2D eigenvalue weighted by Crippen LogP contribution is -2.29. The molecule has 33 heavy (non-hydrogen) atoms. The molecule has 0 aliphatic carbocycles. The summed E-state index contributed by atoms with van der Waals surface area (Å²) in [5, 5.41) is 22.0. The van der Waals surface area contributed by atoms with Crippen LogP contribution in [0.4, 0.5) is 5.69 Å². The van der Waals surface area contributed by atoms with Crippen molar-refractivity contribution >= 4 is 23.1 Å². The van der Waals surface area contributed by atoms with Crippen molar-refractivity contribution in [1.29, 1.82) is 0 Å². The van der Waals surface area contributed by atoms with Crippen molar-refractivity contribution in [2.75, 3.05) is 19.1 Å². The molecule has 3 aromatic carbocycles. The summed E-state index contributed by atoms with van der Waals surface area (Å²) in [7, 11) is 2.87. The molecule has 7 nitrogen and oxygen atoms in total. The summed E-state index contributed by atoms with van der Waals surface area (Å²) in [5.74, 6) is -1.76. The first-order valence-corrected chi connectivity index (χ1v) is 10.3. The van der Waals surface area contributed by atoms with E-state index >= 15 is 0 Å². The number of amides is 1. The van der Waals surface area contributed by atoms with Gasteiger partial charge in [-0.05, 0) is 42.3 Å². The summed E-state index contributed by atoms with van der Waals surface area (Å²) in [5.41, 5.74) is 1.60. The molecular weight excluding hydrogens is 422 g/mol. The van der Waals surface area contributed by atoms with Crippen LogP contribution in [0.25, 0.3) is 5.76 Å². The monoisotopic (exact) mass is 445 g/mol. The van der Waals surface area contributed by atoms with Crippen LogP contribution in [0.2, 0.25) is 0 Å². The van der Waals surface area contributed by atoms with E-state index in [9.17, 15) is 19.8 Å². The predicted molar refractivity (Wildman–Crippen MR) is 124 cm³/mol. The Bertz CT molecular complexity index is 1240. The molecule has 168 valence electrons. The van der Waals surface area contributed by atoms with E-state index in [2.05, 4.69) is 0 Å². The molecule has 7 heteroatoms. The van der Waals surface area contributed by atoms with Gasteiger partial charge in [0.1, 0.15) is 28.6 Å². The van der Waals surface area contributed by atoms with Crippen LogP contribution in [-0.2, 0) is 9.59 Å². The van der Waals surface area contributed by atoms with Crippen LogP contribution in [0.15, 0.2) is 72.3 Å². The molecule has 1 aliphatic heterocycles. The van der Waals surface area contributed by atoms with Crippen molar-refractivity contribution in [2.24, 2.45) is 0 Å². The van der Waals surface area contributed by atoms with Gasteiger partial charge < -0.3 is 19.7 Å². The van der Waals surface area contributed by atoms with Gasteiger partial charge in [-0.1, -0.05) is 42.5 Å². The van der Waals surface area contributed by atoms with Crippen LogP contribution >= 0.6 is 0 Å². The molecule has 0 aromatic heterocycles. The number of aliphatic hydroxyl groups excluding tert-OH is 1. The Balaban J connectivity index is 2.03. The Hall–Kier alpha value is -4.26. The molecule has 1 fully saturated rings. The zero-order valence-corrected chi connectivity index (χ0v) is 18.4. The second-order valence-corrected chi connectivity index (χ2v) is 7.61. The number of benzene rings is 3. The molecule has 1 unspecified atom stereocenters. The number of aromatic hydroxyl groups is 1. The Morgan fingerprint density at radius 3 is 2.15 bits per heavy atom. The normalized spacial score (nSPS) is 17.3. The zero-order chi connectivity index (χ0) is 23.7. The number of anilines is 1. The number of nitrogens with zero attached hydrogens (tertiary/aromatic N) is 1. The molecule has 2 N–H and O–H groups in total. The minimum absolute atomic E-state index is 0.130. The van der Waals surface area contributed by atoms with E-state index in [1.807, 2.05) is 13.0 Å². The highest BCUT2D eigenvalue weighted by atomic mass is 16.5. The smallest absolute Gasteiger partial charge is 0.300 e. The van der Waals surface area contributed by atoms with Gasteiger partial charge in [0.2, 0.25) is 0 Å². The fourth-order valence-corrected chi connectivity index (χ4v) is 4.08. The minimum atomic E-state index is -0.978. The first-order valence-electron chi connectivity index (χ1n) is 10.3. The van der Waals surface area contributed by atoms with Crippen LogP contribution in [0.3, 0.4) is 0 Å². The largest absolute Gasteiger partial charge is 0.506 e. The van der Waals surface area contributed by atoms with E-state index in [0.717, 1.165) is 5.56 Å². The summed E-state index contributed by atoms with van der Waals surface area (Å²) in [4.78, 5) is 27.8. The molecule has 0 bridgehead atoms. The Morgan fingerprint density at radius 2 is 1.55 bits per heavy atom. The number of Topliss-reactive ketones (excluding diaryl/α,β-unsaturated/α-hetero) is 1. The van der Waals surface area contributed by atoms with E-state index in [1.165, 1.54) is 25.2 Å². The maximum Gasteiger partial charge on any atom is 0.300 e. The minimum Gasteiger partial charge on any atom is -0.506 e. The molecule has 1 atom stereocenters. The number of carbonyl (C=O) groups excluding carboxylic acids is 2. The number of phenolic OH excluding ortho intramolecular Hbond substituents is 1. The Labute approximate surface area is 191 Å². The molecule has 1 heterocycles. The summed E-state index contributed by atoms with van der Waals surface area (Å²) >= 11 is 0. The van der Waals surface area contributed by atoms with Crippen LogP contribution in [-0.4, -0.2) is 36.1 Å². The van der Waals surface area contributed by atoms with Gasteiger partial charge in [0, 0.05) is 0 Å². The van der Waals surface area contributed by atoms with Gasteiger partial charge in [0.25, 0.3) is 11.7 Å². The van der Waals surface area contributed by atoms with Gasteiger partial charge in [0.05, 0.1) is 31.5 Å². The maximum atomic E-state index is 13.3. The van der Waals surface area contributed by atoms with E-state index < -0.39 is 23.5 Å². The van der Waals surface area contributed by atoms with E-state index in [4.69, 9.17) is 9.47 Å². The molecule has 1 aliphatic rings. The number of rotatable bonds is 5. The SMILES string of the molecule is COc1cccc(OC)c1/C(O)=C1\C(=O)C(=O)N(c2cc(C)ccc2O)C1c1ccccc1. The molecule has 1 saturated heterocycles. The average molecular weight is 445 g/mol. The first kappa shape index (κ1) is 22.0. The van der Waals surface area contributed by atoms with Crippen LogP contribution in [0.5, 0.6) is 17.2 Å². The van der Waals surface area contributed by atoms with Crippen molar-refractivity contribution in [2.45, 2.75) is 13.0 Å². The lowest BCUT2D eigenvalue weighted by Gasteiger charge is -2.26. The zero-order valence-electron chi connectivity index (χ0n) is 18.4.